The molecule has 2 heterocycles. The Morgan fingerprint density at radius 2 is 1.59 bits per heavy atom. The number of piperidine rings is 1. The maximum absolute atomic E-state index is 13.2. The van der Waals surface area contributed by atoms with Crippen molar-refractivity contribution in [2.24, 2.45) is 0 Å². The van der Waals surface area contributed by atoms with Crippen molar-refractivity contribution in [2.45, 2.75) is 76.0 Å². The molecule has 2 bridgehead atoms. The molecule has 2 aliphatic heterocycles. The number of hydrogen-bond acceptors (Lipinski definition) is 3. The van der Waals surface area contributed by atoms with E-state index < -0.39 is 5.60 Å². The van der Waals surface area contributed by atoms with E-state index in [1.54, 1.807) is 0 Å². The van der Waals surface area contributed by atoms with Gasteiger partial charge in [0.2, 0.25) is 0 Å². The Kier molecular flexibility index (Phi) is 5.58. The van der Waals surface area contributed by atoms with Gasteiger partial charge < -0.3 is 14.7 Å². The molecule has 0 spiro atoms. The van der Waals surface area contributed by atoms with Crippen LogP contribution in [0.25, 0.3) is 11.1 Å². The summed E-state index contributed by atoms with van der Waals surface area (Å²) in [6.07, 6.45) is 6.87. The number of fused-ring (bicyclic) bond motifs is 5. The molecule has 2 aromatic rings. The minimum absolute atomic E-state index is 0.0785. The van der Waals surface area contributed by atoms with Crippen LogP contribution in [0, 0.1) is 0 Å². The van der Waals surface area contributed by atoms with Crippen LogP contribution < -0.4 is 0 Å². The molecule has 1 aliphatic carbocycles. The average Bonchev–Trinajstić information content (AvgIpc) is 3.24. The van der Waals surface area contributed by atoms with Gasteiger partial charge in [-0.15, -0.1) is 0 Å². The minimum Gasteiger partial charge on any atom is -0.448 e. The highest BCUT2D eigenvalue weighted by Gasteiger charge is 2.49. The van der Waals surface area contributed by atoms with Crippen LogP contribution in [0.3, 0.4) is 0 Å². The molecule has 0 radical (unpaired) electrons. The van der Waals surface area contributed by atoms with Gasteiger partial charge in [0.15, 0.2) is 0 Å². The lowest BCUT2D eigenvalue weighted by atomic mass is 9.82. The third kappa shape index (κ3) is 3.86. The highest BCUT2D eigenvalue weighted by atomic mass is 16.6. The van der Waals surface area contributed by atoms with Crippen LogP contribution in [0.15, 0.2) is 60.2 Å². The lowest BCUT2D eigenvalue weighted by molar-refractivity contribution is -0.0529. The highest BCUT2D eigenvalue weighted by molar-refractivity contribution is 5.79. The van der Waals surface area contributed by atoms with E-state index in [1.165, 1.54) is 27.8 Å². The van der Waals surface area contributed by atoms with Crippen LogP contribution in [0.2, 0.25) is 0 Å². The largest absolute Gasteiger partial charge is 0.448 e. The van der Waals surface area contributed by atoms with E-state index in [0.717, 1.165) is 25.7 Å². The Bertz CT molecular complexity index is 979. The molecule has 1 N–H and O–H groups in total. The zero-order valence-corrected chi connectivity index (χ0v) is 19.1. The Morgan fingerprint density at radius 3 is 2.16 bits per heavy atom. The number of aliphatic hydroxyl groups is 1. The number of rotatable bonds is 5. The lowest BCUT2D eigenvalue weighted by Crippen LogP contribution is -2.53. The topological polar surface area (TPSA) is 49.8 Å². The Morgan fingerprint density at radius 1 is 1.03 bits per heavy atom. The van der Waals surface area contributed by atoms with Crippen molar-refractivity contribution in [1.29, 1.82) is 0 Å². The molecule has 0 saturated carbocycles. The zero-order chi connectivity index (χ0) is 22.3. The number of hydrogen-bond donors (Lipinski definition) is 1. The van der Waals surface area contributed by atoms with Crippen molar-refractivity contribution in [3.05, 3.63) is 71.3 Å². The summed E-state index contributed by atoms with van der Waals surface area (Å²) < 4.78 is 5.94. The quantitative estimate of drug-likeness (QED) is 0.587. The summed E-state index contributed by atoms with van der Waals surface area (Å²) in [5, 5.41) is 11.2. The van der Waals surface area contributed by atoms with Crippen molar-refractivity contribution < 1.29 is 14.6 Å². The number of allylic oxidation sites excluding steroid dienone is 2. The van der Waals surface area contributed by atoms with Gasteiger partial charge >= 0.3 is 6.09 Å². The van der Waals surface area contributed by atoms with Gasteiger partial charge in [0.25, 0.3) is 0 Å². The van der Waals surface area contributed by atoms with Crippen molar-refractivity contribution in [2.75, 3.05) is 6.61 Å². The number of amides is 1. The van der Waals surface area contributed by atoms with Crippen LogP contribution >= 0.6 is 0 Å². The summed E-state index contributed by atoms with van der Waals surface area (Å²) in [6, 6.07) is 17.0. The Hall–Kier alpha value is -2.59. The SMILES string of the molecule is CC(C)=CCCC1(O)CC2CCC(C1)N2C(=O)OCC1c2ccccc2-c2ccccc21. The monoisotopic (exact) mass is 431 g/mol. The van der Waals surface area contributed by atoms with Gasteiger partial charge in [-0.2, -0.15) is 0 Å². The fourth-order valence-electron chi connectivity index (χ4n) is 6.12. The summed E-state index contributed by atoms with van der Waals surface area (Å²) in [7, 11) is 0. The molecule has 1 amide bonds. The summed E-state index contributed by atoms with van der Waals surface area (Å²) in [4.78, 5) is 15.1. The molecule has 2 fully saturated rings. The van der Waals surface area contributed by atoms with E-state index in [1.807, 2.05) is 4.90 Å². The molecule has 5 rings (SSSR count). The summed E-state index contributed by atoms with van der Waals surface area (Å²) in [6.45, 7) is 4.54. The third-order valence-electron chi connectivity index (χ3n) is 7.56. The van der Waals surface area contributed by atoms with E-state index in [-0.39, 0.29) is 24.1 Å². The molecule has 4 nitrogen and oxygen atoms in total. The molecule has 4 heteroatoms. The van der Waals surface area contributed by atoms with Gasteiger partial charge in [-0.25, -0.2) is 4.79 Å². The van der Waals surface area contributed by atoms with Crippen LogP contribution in [0.4, 0.5) is 4.79 Å². The van der Waals surface area contributed by atoms with Gasteiger partial charge in [0.05, 0.1) is 5.60 Å². The fraction of sp³-hybridized carbons (Fsp3) is 0.464. The normalized spacial score (nSPS) is 25.9. The number of carbonyl (C=O) groups is 1. The molecule has 168 valence electrons. The predicted octanol–water partition coefficient (Wildman–Crippen LogP) is 6.04. The van der Waals surface area contributed by atoms with E-state index in [2.05, 4.69) is 68.5 Å². The van der Waals surface area contributed by atoms with Gasteiger partial charge in [-0.05, 0) is 74.6 Å². The number of benzene rings is 2. The number of ether oxygens (including phenoxy) is 1. The molecule has 2 atom stereocenters. The van der Waals surface area contributed by atoms with E-state index in [0.29, 0.717) is 19.4 Å². The standard InChI is InChI=1S/C28H33NO3/c1-19(2)8-7-15-28(31)16-20-13-14-21(17-28)29(20)27(30)32-18-26-24-11-5-3-9-22(24)23-10-4-6-12-25(23)26/h3-6,8-12,20-21,26,31H,7,13-18H2,1-2H3. The maximum Gasteiger partial charge on any atom is 0.410 e. The molecule has 2 unspecified atom stereocenters. The van der Waals surface area contributed by atoms with Crippen LogP contribution in [-0.4, -0.2) is 40.4 Å². The molecule has 3 aliphatic rings. The predicted molar refractivity (Wildman–Crippen MR) is 127 cm³/mol. The van der Waals surface area contributed by atoms with Gasteiger partial charge in [-0.3, -0.25) is 0 Å². The lowest BCUT2D eigenvalue weighted by Gasteiger charge is -2.43. The first-order valence-electron chi connectivity index (χ1n) is 11.9. The second-order valence-corrected chi connectivity index (χ2v) is 10.0. The molecular formula is C28H33NO3. The van der Waals surface area contributed by atoms with Gasteiger partial charge in [0, 0.05) is 18.0 Å². The van der Waals surface area contributed by atoms with Gasteiger partial charge in [0.1, 0.15) is 6.61 Å². The summed E-state index contributed by atoms with van der Waals surface area (Å²) in [5.74, 6) is 0.0785. The smallest absolute Gasteiger partial charge is 0.410 e. The Balaban J connectivity index is 1.26. The minimum atomic E-state index is -0.669. The number of carbonyl (C=O) groups excluding carboxylic acids is 1. The van der Waals surface area contributed by atoms with Crippen molar-refractivity contribution >= 4 is 6.09 Å². The first-order valence-corrected chi connectivity index (χ1v) is 11.9. The molecule has 32 heavy (non-hydrogen) atoms. The first-order chi connectivity index (χ1) is 15.5. The molecule has 2 aromatic carbocycles. The zero-order valence-electron chi connectivity index (χ0n) is 19.1. The molecular weight excluding hydrogens is 398 g/mol. The maximum atomic E-state index is 13.2. The van der Waals surface area contributed by atoms with Gasteiger partial charge in [-0.1, -0.05) is 60.2 Å². The van der Waals surface area contributed by atoms with E-state index in [4.69, 9.17) is 4.74 Å². The Labute approximate surface area is 190 Å². The highest BCUT2D eigenvalue weighted by Crippen LogP contribution is 2.46. The fourth-order valence-corrected chi connectivity index (χ4v) is 6.12. The number of nitrogens with zero attached hydrogens (tertiary/aromatic N) is 1. The van der Waals surface area contributed by atoms with Crippen LogP contribution in [0.1, 0.15) is 69.4 Å². The average molecular weight is 432 g/mol. The van der Waals surface area contributed by atoms with E-state index in [9.17, 15) is 9.90 Å². The summed E-state index contributed by atoms with van der Waals surface area (Å²) in [5.41, 5.74) is 5.56. The first kappa shape index (κ1) is 21.3. The van der Waals surface area contributed by atoms with Crippen molar-refractivity contribution in [3.63, 3.8) is 0 Å². The molecule has 0 aromatic heterocycles. The molecule has 2 saturated heterocycles. The second kappa shape index (κ2) is 8.40. The van der Waals surface area contributed by atoms with Crippen molar-refractivity contribution in [3.8, 4) is 11.1 Å². The second-order valence-electron chi connectivity index (χ2n) is 10.0. The van der Waals surface area contributed by atoms with Crippen LogP contribution in [0.5, 0.6) is 0 Å². The third-order valence-corrected chi connectivity index (χ3v) is 7.56. The van der Waals surface area contributed by atoms with E-state index >= 15 is 0 Å². The summed E-state index contributed by atoms with van der Waals surface area (Å²) >= 11 is 0. The van der Waals surface area contributed by atoms with Crippen LogP contribution in [-0.2, 0) is 4.74 Å². The van der Waals surface area contributed by atoms with Crippen molar-refractivity contribution in [1.82, 2.24) is 4.90 Å².